The van der Waals surface area contributed by atoms with Crippen LogP contribution in [0.15, 0.2) is 16.7 Å². The molecule has 1 N–H and O–H groups in total. The van der Waals surface area contributed by atoms with E-state index in [1.54, 1.807) is 6.07 Å². The molecule has 0 radical (unpaired) electrons. The van der Waals surface area contributed by atoms with E-state index in [-0.39, 0.29) is 5.69 Å². The van der Waals surface area contributed by atoms with Crippen molar-refractivity contribution >= 4 is 40.5 Å². The van der Waals surface area contributed by atoms with Crippen LogP contribution in [0.5, 0.6) is 0 Å². The van der Waals surface area contributed by atoms with Gasteiger partial charge < -0.3 is 9.63 Å². The second kappa shape index (κ2) is 3.84. The van der Waals surface area contributed by atoms with Gasteiger partial charge in [-0.3, -0.25) is 0 Å². The van der Waals surface area contributed by atoms with E-state index < -0.39 is 5.97 Å². The summed E-state index contributed by atoms with van der Waals surface area (Å²) in [5.41, 5.74) is 0.384. The second-order valence-electron chi connectivity index (χ2n) is 2.62. The summed E-state index contributed by atoms with van der Waals surface area (Å²) in [7, 11) is 0. The summed E-state index contributed by atoms with van der Waals surface area (Å²) in [5.74, 6) is -0.858. The fraction of sp³-hybridized carbons (Fsp3) is 0. The highest BCUT2D eigenvalue weighted by Crippen LogP contribution is 2.38. The Bertz CT molecular complexity index is 520. The number of hydrogen-bond acceptors (Lipinski definition) is 4. The minimum atomic E-state index is -1.15. The van der Waals surface area contributed by atoms with Crippen molar-refractivity contribution in [2.45, 2.75) is 0 Å². The van der Waals surface area contributed by atoms with Crippen molar-refractivity contribution in [1.82, 2.24) is 5.16 Å². The molecule has 0 bridgehead atoms. The summed E-state index contributed by atoms with van der Waals surface area (Å²) in [5, 5.41) is 12.0. The lowest BCUT2D eigenvalue weighted by Gasteiger charge is -1.87. The Labute approximate surface area is 98.0 Å². The van der Waals surface area contributed by atoms with Crippen LogP contribution in [0, 0.1) is 0 Å². The quantitative estimate of drug-likeness (QED) is 0.902. The van der Waals surface area contributed by atoms with Crippen molar-refractivity contribution in [2.75, 3.05) is 0 Å². The minimum absolute atomic E-state index is 0.164. The number of thiophene rings is 1. The molecule has 78 valence electrons. The Hall–Kier alpha value is -1.04. The van der Waals surface area contributed by atoms with E-state index in [9.17, 15) is 4.79 Å². The van der Waals surface area contributed by atoms with Gasteiger partial charge in [-0.1, -0.05) is 28.4 Å². The smallest absolute Gasteiger partial charge is 0.358 e. The number of aromatic nitrogens is 1. The third-order valence-corrected chi connectivity index (χ3v) is 3.14. The molecule has 2 aromatic heterocycles. The number of aromatic carboxylic acids is 1. The normalized spacial score (nSPS) is 10.5. The van der Waals surface area contributed by atoms with Gasteiger partial charge in [0.25, 0.3) is 0 Å². The Balaban J connectivity index is 2.45. The minimum Gasteiger partial charge on any atom is -0.476 e. The lowest BCUT2D eigenvalue weighted by molar-refractivity contribution is 0.0686. The molecule has 0 aromatic carbocycles. The molecule has 0 atom stereocenters. The van der Waals surface area contributed by atoms with Gasteiger partial charge in [0, 0.05) is 6.07 Å². The Kier molecular flexibility index (Phi) is 2.68. The van der Waals surface area contributed by atoms with Crippen LogP contribution in [-0.4, -0.2) is 16.2 Å². The molecule has 7 heteroatoms. The predicted octanol–water partition coefficient (Wildman–Crippen LogP) is 3.41. The Morgan fingerprint density at radius 2 is 2.20 bits per heavy atom. The van der Waals surface area contributed by atoms with Crippen molar-refractivity contribution < 1.29 is 14.4 Å². The first-order chi connectivity index (χ1) is 7.08. The van der Waals surface area contributed by atoms with Gasteiger partial charge >= 0.3 is 5.97 Å². The van der Waals surface area contributed by atoms with E-state index in [0.29, 0.717) is 20.0 Å². The lowest BCUT2D eigenvalue weighted by Crippen LogP contribution is -1.94. The van der Waals surface area contributed by atoms with Gasteiger partial charge in [0.1, 0.15) is 4.34 Å². The zero-order valence-corrected chi connectivity index (χ0v) is 9.36. The number of rotatable bonds is 2. The van der Waals surface area contributed by atoms with Crippen LogP contribution >= 0.6 is 34.5 Å². The van der Waals surface area contributed by atoms with Crippen LogP contribution < -0.4 is 0 Å². The van der Waals surface area contributed by atoms with Crippen molar-refractivity contribution in [3.05, 3.63) is 26.5 Å². The van der Waals surface area contributed by atoms with Crippen LogP contribution in [0.25, 0.3) is 11.3 Å². The van der Waals surface area contributed by atoms with E-state index in [0.717, 1.165) is 0 Å². The molecular formula is C8H3Cl2NO3S. The molecule has 0 spiro atoms. The maximum Gasteiger partial charge on any atom is 0.358 e. The average molecular weight is 264 g/mol. The highest BCUT2D eigenvalue weighted by Gasteiger charge is 2.16. The van der Waals surface area contributed by atoms with E-state index >= 15 is 0 Å². The zero-order valence-electron chi connectivity index (χ0n) is 7.03. The molecule has 0 aliphatic carbocycles. The van der Waals surface area contributed by atoms with E-state index in [2.05, 4.69) is 5.16 Å². The number of nitrogens with zero attached hydrogens (tertiary/aromatic N) is 1. The zero-order chi connectivity index (χ0) is 11.0. The Morgan fingerprint density at radius 3 is 2.67 bits per heavy atom. The van der Waals surface area contributed by atoms with Crippen molar-refractivity contribution in [1.29, 1.82) is 0 Å². The standard InChI is InChI=1S/C8H3Cl2NO3S/c9-6-1-3(7(10)15-6)5-2-4(8(12)13)11-14-5/h1-2H,(H,12,13). The van der Waals surface area contributed by atoms with Gasteiger partial charge in [-0.25, -0.2) is 4.79 Å². The van der Waals surface area contributed by atoms with Crippen molar-refractivity contribution in [3.8, 4) is 11.3 Å². The highest BCUT2D eigenvalue weighted by molar-refractivity contribution is 7.20. The molecule has 2 rings (SSSR count). The van der Waals surface area contributed by atoms with Gasteiger partial charge in [0.15, 0.2) is 11.5 Å². The van der Waals surface area contributed by atoms with Crippen LogP contribution in [0.2, 0.25) is 8.67 Å². The number of halogens is 2. The van der Waals surface area contributed by atoms with E-state index in [4.69, 9.17) is 32.8 Å². The highest BCUT2D eigenvalue weighted by atomic mass is 35.5. The summed E-state index contributed by atoms with van der Waals surface area (Å²) in [6.07, 6.45) is 0. The van der Waals surface area contributed by atoms with Crippen molar-refractivity contribution in [2.24, 2.45) is 0 Å². The van der Waals surface area contributed by atoms with Gasteiger partial charge in [0.05, 0.1) is 9.90 Å². The molecule has 2 aromatic rings. The van der Waals surface area contributed by atoms with Gasteiger partial charge in [-0.15, -0.1) is 11.3 Å². The third-order valence-electron chi connectivity index (χ3n) is 1.65. The maximum atomic E-state index is 10.6. The van der Waals surface area contributed by atoms with E-state index in [1.165, 1.54) is 17.4 Å². The third kappa shape index (κ3) is 1.99. The molecule has 0 saturated carbocycles. The van der Waals surface area contributed by atoms with Gasteiger partial charge in [-0.05, 0) is 6.07 Å². The van der Waals surface area contributed by atoms with Crippen LogP contribution in [-0.2, 0) is 0 Å². The lowest BCUT2D eigenvalue weighted by atomic mass is 10.2. The van der Waals surface area contributed by atoms with Gasteiger partial charge in [0.2, 0.25) is 0 Å². The summed E-state index contributed by atoms with van der Waals surface area (Å²) in [6.45, 7) is 0. The monoisotopic (exact) mass is 263 g/mol. The fourth-order valence-corrected chi connectivity index (χ4v) is 2.48. The molecule has 0 aliphatic rings. The number of carboxylic acids is 1. The summed E-state index contributed by atoms with van der Waals surface area (Å²) in [4.78, 5) is 10.6. The summed E-state index contributed by atoms with van der Waals surface area (Å²) < 4.78 is 5.78. The first-order valence-corrected chi connectivity index (χ1v) is 5.30. The number of hydrogen-bond donors (Lipinski definition) is 1. The van der Waals surface area contributed by atoms with E-state index in [1.807, 2.05) is 0 Å². The molecule has 0 unspecified atom stereocenters. The molecule has 0 amide bonds. The van der Waals surface area contributed by atoms with Crippen LogP contribution in [0.4, 0.5) is 0 Å². The summed E-state index contributed by atoms with van der Waals surface area (Å²) in [6, 6.07) is 2.90. The number of carboxylic acid groups (broad SMARTS) is 1. The molecule has 0 saturated heterocycles. The van der Waals surface area contributed by atoms with Crippen LogP contribution in [0.3, 0.4) is 0 Å². The predicted molar refractivity (Wildman–Crippen MR) is 56.8 cm³/mol. The fourth-order valence-electron chi connectivity index (χ4n) is 1.01. The second-order valence-corrected chi connectivity index (χ2v) is 4.91. The maximum absolute atomic E-state index is 10.6. The molecular weight excluding hydrogens is 261 g/mol. The molecule has 15 heavy (non-hydrogen) atoms. The Morgan fingerprint density at radius 1 is 1.47 bits per heavy atom. The summed E-state index contributed by atoms with van der Waals surface area (Å²) >= 11 is 12.8. The molecule has 0 aliphatic heterocycles. The average Bonchev–Trinajstić information content (AvgIpc) is 2.71. The van der Waals surface area contributed by atoms with Crippen LogP contribution in [0.1, 0.15) is 10.5 Å². The molecule has 0 fully saturated rings. The molecule has 2 heterocycles. The topological polar surface area (TPSA) is 63.3 Å². The molecule has 4 nitrogen and oxygen atoms in total. The van der Waals surface area contributed by atoms with Crippen molar-refractivity contribution in [3.63, 3.8) is 0 Å². The van der Waals surface area contributed by atoms with Gasteiger partial charge in [-0.2, -0.15) is 0 Å². The number of carbonyl (C=O) groups is 1. The largest absolute Gasteiger partial charge is 0.476 e. The SMILES string of the molecule is O=C(O)c1cc(-c2cc(Cl)sc2Cl)on1. The first-order valence-electron chi connectivity index (χ1n) is 3.73. The first kappa shape index (κ1) is 10.5.